The van der Waals surface area contributed by atoms with Crippen LogP contribution in [-0.4, -0.2) is 64.2 Å². The minimum absolute atomic E-state index is 0.00985. The van der Waals surface area contributed by atoms with Crippen LogP contribution in [0.5, 0.6) is 0 Å². The van der Waals surface area contributed by atoms with Gasteiger partial charge in [0.05, 0.1) is 18.0 Å². The summed E-state index contributed by atoms with van der Waals surface area (Å²) >= 11 is 6.08. The van der Waals surface area contributed by atoms with E-state index >= 15 is 4.39 Å². The van der Waals surface area contributed by atoms with Crippen molar-refractivity contribution in [3.8, 4) is 0 Å². The molecule has 40 heavy (non-hydrogen) atoms. The van der Waals surface area contributed by atoms with Crippen LogP contribution < -0.4 is 5.32 Å². The number of benzene rings is 1. The number of anilines is 1. The van der Waals surface area contributed by atoms with Gasteiger partial charge in [-0.1, -0.05) is 31.2 Å². The van der Waals surface area contributed by atoms with E-state index in [1.165, 1.54) is 24.4 Å². The summed E-state index contributed by atoms with van der Waals surface area (Å²) in [6.45, 7) is 2.48. The number of aliphatic hydroxyl groups is 2. The number of halogens is 3. The molecule has 3 aromatic rings. The molecule has 2 heterocycles. The van der Waals surface area contributed by atoms with Crippen LogP contribution in [0.2, 0.25) is 5.28 Å². The first-order chi connectivity index (χ1) is 18.6. The highest BCUT2D eigenvalue weighted by Crippen LogP contribution is 2.55. The number of hydrogen-bond acceptors (Lipinski definition) is 8. The quantitative estimate of drug-likeness (QED) is 0.0906. The summed E-state index contributed by atoms with van der Waals surface area (Å²) in [7, 11) is -9.68. The lowest BCUT2D eigenvalue weighted by atomic mass is 10.0. The van der Waals surface area contributed by atoms with Crippen molar-refractivity contribution in [3.05, 3.63) is 64.8 Å². The van der Waals surface area contributed by atoms with Gasteiger partial charge in [-0.3, -0.25) is 9.13 Å². The number of allylic oxidation sites excluding steroid dienone is 1. The van der Waals surface area contributed by atoms with Crippen molar-refractivity contribution in [2.24, 2.45) is 0 Å². The van der Waals surface area contributed by atoms with Gasteiger partial charge in [-0.2, -0.15) is 4.98 Å². The Hall–Kier alpha value is -2.25. The van der Waals surface area contributed by atoms with Gasteiger partial charge in [0.15, 0.2) is 18.3 Å². The Morgan fingerprint density at radius 3 is 2.50 bits per heavy atom. The van der Waals surface area contributed by atoms with E-state index < -0.39 is 58.1 Å². The second-order valence-electron chi connectivity index (χ2n) is 8.90. The van der Waals surface area contributed by atoms with Gasteiger partial charge in [-0.05, 0) is 42.7 Å². The lowest BCUT2D eigenvalue weighted by molar-refractivity contribution is -0.0349. The lowest BCUT2D eigenvalue weighted by Gasteiger charge is -2.25. The molecule has 2 aromatic heterocycles. The second-order valence-corrected chi connectivity index (χ2v) is 13.2. The number of hydrogen-bond donors (Lipinski definition) is 6. The number of aromatic nitrogens is 3. The number of alkyl halides is 1. The number of aliphatic hydroxyl groups excluding tert-OH is 2. The van der Waals surface area contributed by atoms with Gasteiger partial charge in [0.25, 0.3) is 0 Å². The molecular weight excluding hydrogens is 596 g/mol. The lowest BCUT2D eigenvalue weighted by Crippen LogP contribution is -2.34. The molecule has 3 rings (SSSR count). The van der Waals surface area contributed by atoms with Gasteiger partial charge in [0.1, 0.15) is 23.4 Å². The van der Waals surface area contributed by atoms with E-state index in [0.717, 1.165) is 4.57 Å². The van der Waals surface area contributed by atoms with Crippen LogP contribution in [0, 0.1) is 5.82 Å². The molecule has 17 heteroatoms. The van der Waals surface area contributed by atoms with Crippen molar-refractivity contribution < 1.29 is 47.3 Å². The number of nitrogens with zero attached hydrogens (tertiary/aromatic N) is 3. The van der Waals surface area contributed by atoms with Gasteiger partial charge in [-0.15, -0.1) is 0 Å². The maximum atomic E-state index is 15.4. The number of rotatable bonds is 13. The van der Waals surface area contributed by atoms with Crippen LogP contribution in [0.15, 0.2) is 48.2 Å². The molecule has 0 saturated heterocycles. The Morgan fingerprint density at radius 2 is 1.88 bits per heavy atom. The molecule has 0 aliphatic rings. The van der Waals surface area contributed by atoms with E-state index in [2.05, 4.69) is 15.3 Å². The Labute approximate surface area is 233 Å². The van der Waals surface area contributed by atoms with Crippen LogP contribution in [0.25, 0.3) is 11.0 Å². The van der Waals surface area contributed by atoms with Crippen molar-refractivity contribution in [2.45, 2.75) is 44.8 Å². The largest absolute Gasteiger partial charge is 0.385 e. The minimum Gasteiger partial charge on any atom is -0.385 e. The Kier molecular flexibility index (Phi) is 10.6. The predicted octanol–water partition coefficient (Wildman–Crippen LogP) is 4.26. The molecule has 12 nitrogen and oxygen atoms in total. The molecule has 0 aliphatic carbocycles. The van der Waals surface area contributed by atoms with E-state index in [1.54, 1.807) is 32.0 Å². The Bertz CT molecular complexity index is 1470. The summed E-state index contributed by atoms with van der Waals surface area (Å²) in [5.41, 5.74) is 0.103. The highest BCUT2D eigenvalue weighted by atomic mass is 35.5. The molecule has 0 radical (unpaired) electrons. The van der Waals surface area contributed by atoms with E-state index in [4.69, 9.17) is 25.9 Å². The average Bonchev–Trinajstić information content (AvgIpc) is 3.28. The van der Waals surface area contributed by atoms with Crippen LogP contribution in [0.1, 0.15) is 38.1 Å². The smallest absolute Gasteiger partial charge is 0.340 e. The van der Waals surface area contributed by atoms with Crippen LogP contribution in [-0.2, 0) is 13.7 Å². The number of fused-ring (bicyclic) bond motifs is 1. The van der Waals surface area contributed by atoms with E-state index in [1.807, 2.05) is 0 Å². The first kappa shape index (κ1) is 32.3. The van der Waals surface area contributed by atoms with Crippen LogP contribution >= 0.6 is 26.8 Å². The van der Waals surface area contributed by atoms with Gasteiger partial charge in [0.2, 0.25) is 5.28 Å². The standard InChI is InChI=1S/C23H29ClF2N4O8P2/c1-3-6-14(11-38-40(36,37)12-39(33,34)35)19(31)18(26)22(32)30-10-9-16-20(28-23(24)29-21(16)30)27-13(2)15-7-4-5-8-17(15)25/h4-10,13,18-19,22,31-32H,3,11-12H2,1-2H3,(H,36,37)(H,27,28,29)(H2,33,34,35)/b14-6-/t13-,18-,19+,22+/m0/s1. The predicted molar refractivity (Wildman–Crippen MR) is 144 cm³/mol. The highest BCUT2D eigenvalue weighted by molar-refractivity contribution is 7.70. The van der Waals surface area contributed by atoms with Crippen molar-refractivity contribution in [3.63, 3.8) is 0 Å². The van der Waals surface area contributed by atoms with Crippen molar-refractivity contribution in [1.82, 2.24) is 14.5 Å². The zero-order valence-electron chi connectivity index (χ0n) is 21.3. The molecule has 220 valence electrons. The third kappa shape index (κ3) is 8.16. The maximum Gasteiger partial charge on any atom is 0.340 e. The van der Waals surface area contributed by atoms with E-state index in [0.29, 0.717) is 10.9 Å². The molecule has 0 amide bonds. The van der Waals surface area contributed by atoms with Gasteiger partial charge >= 0.3 is 15.2 Å². The van der Waals surface area contributed by atoms with Gasteiger partial charge in [-0.25, -0.2) is 13.8 Å². The monoisotopic (exact) mass is 624 g/mol. The Balaban J connectivity index is 1.84. The van der Waals surface area contributed by atoms with Crippen LogP contribution in [0.3, 0.4) is 0 Å². The topological polar surface area (TPSA) is 187 Å². The summed E-state index contributed by atoms with van der Waals surface area (Å²) in [5.74, 6) is -1.73. The first-order valence-corrected chi connectivity index (χ1v) is 15.8. The molecular formula is C23H29ClF2N4O8P2. The molecule has 0 fully saturated rings. The average molecular weight is 625 g/mol. The zero-order valence-corrected chi connectivity index (χ0v) is 23.8. The molecule has 6 N–H and O–H groups in total. The molecule has 0 saturated carbocycles. The zero-order chi connectivity index (χ0) is 29.8. The Morgan fingerprint density at radius 1 is 1.20 bits per heavy atom. The van der Waals surface area contributed by atoms with E-state index in [-0.39, 0.29) is 28.7 Å². The van der Waals surface area contributed by atoms with E-state index in [9.17, 15) is 28.6 Å². The molecule has 0 aliphatic heterocycles. The number of nitrogens with one attached hydrogen (secondary N) is 1. The SMILES string of the molecule is CC/C=C(/COP(=O)(O)CP(=O)(O)O)[C@@H](O)[C@H](F)[C@@H](O)n1ccc2c(N[C@@H](C)c3ccccc3F)nc(Cl)nc21. The van der Waals surface area contributed by atoms with Gasteiger partial charge < -0.3 is 39.3 Å². The van der Waals surface area contributed by atoms with Crippen molar-refractivity contribution in [2.75, 3.05) is 17.8 Å². The highest BCUT2D eigenvalue weighted by Gasteiger charge is 2.35. The third-order valence-electron chi connectivity index (χ3n) is 5.78. The second kappa shape index (κ2) is 13.2. The molecule has 1 aromatic carbocycles. The fraction of sp³-hybridized carbons (Fsp3) is 0.391. The minimum atomic E-state index is -4.90. The first-order valence-electron chi connectivity index (χ1n) is 11.9. The molecule has 5 atom stereocenters. The fourth-order valence-corrected chi connectivity index (χ4v) is 6.64. The normalized spacial score (nSPS) is 17.3. The summed E-state index contributed by atoms with van der Waals surface area (Å²) in [5, 5.41) is 24.5. The molecule has 1 unspecified atom stereocenters. The van der Waals surface area contributed by atoms with Crippen molar-refractivity contribution >= 4 is 43.6 Å². The maximum absolute atomic E-state index is 15.4. The third-order valence-corrected chi connectivity index (χ3v) is 9.39. The molecule has 0 bridgehead atoms. The summed E-state index contributed by atoms with van der Waals surface area (Å²) in [6.07, 6.45) is -3.69. The fourth-order valence-electron chi connectivity index (χ4n) is 3.94. The van der Waals surface area contributed by atoms with Crippen molar-refractivity contribution in [1.29, 1.82) is 0 Å². The van der Waals surface area contributed by atoms with Crippen LogP contribution in [0.4, 0.5) is 14.6 Å². The molecule has 0 spiro atoms. The summed E-state index contributed by atoms with van der Waals surface area (Å²) in [6, 6.07) is 7.01. The van der Waals surface area contributed by atoms with Gasteiger partial charge in [0, 0.05) is 11.8 Å². The summed E-state index contributed by atoms with van der Waals surface area (Å²) in [4.78, 5) is 35.8. The summed E-state index contributed by atoms with van der Waals surface area (Å²) < 4.78 is 58.4.